The Labute approximate surface area is 132 Å². The van der Waals surface area contributed by atoms with Gasteiger partial charge in [-0.05, 0) is 11.6 Å². The molecule has 8 heteroatoms. The standard InChI is InChI=1S/C13H16ClF3N2O.ClH/c14-12-9(2-1-3-10(12)13(15,16)17)11(8-20)19-6-4-18-5-7-19;/h1-3,11,18,20H,4-8H2;1H/t11-;/m0./s1. The maximum absolute atomic E-state index is 12.9. The van der Waals surface area contributed by atoms with Gasteiger partial charge in [-0.2, -0.15) is 13.2 Å². The molecule has 1 aliphatic rings. The highest BCUT2D eigenvalue weighted by Gasteiger charge is 2.35. The monoisotopic (exact) mass is 344 g/mol. The highest BCUT2D eigenvalue weighted by Crippen LogP contribution is 2.39. The molecule has 0 saturated carbocycles. The van der Waals surface area contributed by atoms with Crippen LogP contribution in [0.5, 0.6) is 0 Å². The van der Waals surface area contributed by atoms with Gasteiger partial charge in [0.2, 0.25) is 0 Å². The van der Waals surface area contributed by atoms with Crippen LogP contribution in [0.15, 0.2) is 18.2 Å². The first-order valence-electron chi connectivity index (χ1n) is 6.36. The number of hydrogen-bond donors (Lipinski definition) is 2. The van der Waals surface area contributed by atoms with Gasteiger partial charge in [-0.3, -0.25) is 4.90 Å². The number of aliphatic hydroxyl groups is 1. The normalized spacial score (nSPS) is 18.1. The molecule has 3 nitrogen and oxygen atoms in total. The van der Waals surface area contributed by atoms with Crippen molar-refractivity contribution in [2.24, 2.45) is 0 Å². The average Bonchev–Trinajstić information content (AvgIpc) is 2.41. The van der Waals surface area contributed by atoms with Crippen molar-refractivity contribution in [1.82, 2.24) is 10.2 Å². The number of alkyl halides is 3. The summed E-state index contributed by atoms with van der Waals surface area (Å²) in [4.78, 5) is 1.94. The molecule has 2 rings (SSSR count). The number of rotatable bonds is 3. The van der Waals surface area contributed by atoms with E-state index >= 15 is 0 Å². The maximum Gasteiger partial charge on any atom is 0.417 e. The van der Waals surface area contributed by atoms with Crippen molar-refractivity contribution in [1.29, 1.82) is 0 Å². The van der Waals surface area contributed by atoms with Gasteiger partial charge < -0.3 is 10.4 Å². The van der Waals surface area contributed by atoms with Gasteiger partial charge in [0, 0.05) is 26.2 Å². The van der Waals surface area contributed by atoms with Crippen LogP contribution in [0.4, 0.5) is 13.2 Å². The van der Waals surface area contributed by atoms with Crippen LogP contribution in [-0.4, -0.2) is 42.8 Å². The van der Waals surface area contributed by atoms with Crippen molar-refractivity contribution in [3.63, 3.8) is 0 Å². The number of piperazine rings is 1. The highest BCUT2D eigenvalue weighted by atomic mass is 35.5. The molecule has 21 heavy (non-hydrogen) atoms. The molecule has 1 aliphatic heterocycles. The molecule has 0 unspecified atom stereocenters. The van der Waals surface area contributed by atoms with Gasteiger partial charge in [-0.25, -0.2) is 0 Å². The van der Waals surface area contributed by atoms with E-state index in [-0.39, 0.29) is 24.0 Å². The van der Waals surface area contributed by atoms with E-state index in [1.807, 2.05) is 4.90 Å². The van der Waals surface area contributed by atoms with E-state index in [1.54, 1.807) is 6.07 Å². The lowest BCUT2D eigenvalue weighted by atomic mass is 10.0. The first-order valence-corrected chi connectivity index (χ1v) is 6.74. The minimum Gasteiger partial charge on any atom is -0.394 e. The van der Waals surface area contributed by atoms with Gasteiger partial charge in [0.05, 0.1) is 23.2 Å². The zero-order valence-electron chi connectivity index (χ0n) is 11.2. The first-order chi connectivity index (χ1) is 9.45. The quantitative estimate of drug-likeness (QED) is 0.884. The minimum absolute atomic E-state index is 0. The second kappa shape index (κ2) is 7.65. The lowest BCUT2D eigenvalue weighted by Gasteiger charge is -2.34. The summed E-state index contributed by atoms with van der Waals surface area (Å²) in [6, 6.07) is 3.32. The molecule has 0 radical (unpaired) electrons. The minimum atomic E-state index is -4.49. The molecule has 120 valence electrons. The van der Waals surface area contributed by atoms with E-state index < -0.39 is 17.8 Å². The molecular formula is C13H17Cl2F3N2O. The summed E-state index contributed by atoms with van der Waals surface area (Å²) in [6.45, 7) is 2.55. The van der Waals surface area contributed by atoms with E-state index in [0.717, 1.165) is 19.2 Å². The van der Waals surface area contributed by atoms with Crippen molar-refractivity contribution >= 4 is 24.0 Å². The molecule has 1 aromatic rings. The van der Waals surface area contributed by atoms with Crippen molar-refractivity contribution in [3.05, 3.63) is 34.3 Å². The summed E-state index contributed by atoms with van der Waals surface area (Å²) in [5.74, 6) is 0. The highest BCUT2D eigenvalue weighted by molar-refractivity contribution is 6.32. The molecule has 1 heterocycles. The van der Waals surface area contributed by atoms with Crippen molar-refractivity contribution < 1.29 is 18.3 Å². The lowest BCUT2D eigenvalue weighted by molar-refractivity contribution is -0.137. The Kier molecular flexibility index (Phi) is 6.74. The molecule has 1 saturated heterocycles. The third kappa shape index (κ3) is 4.23. The molecule has 2 N–H and O–H groups in total. The van der Waals surface area contributed by atoms with Crippen LogP contribution < -0.4 is 5.32 Å². The maximum atomic E-state index is 12.9. The van der Waals surface area contributed by atoms with Crippen LogP contribution in [0.1, 0.15) is 17.2 Å². The zero-order chi connectivity index (χ0) is 14.8. The van der Waals surface area contributed by atoms with Crippen molar-refractivity contribution in [3.8, 4) is 0 Å². The summed E-state index contributed by atoms with van der Waals surface area (Å²) >= 11 is 5.91. The Morgan fingerprint density at radius 2 is 1.90 bits per heavy atom. The van der Waals surface area contributed by atoms with Crippen LogP contribution >= 0.6 is 24.0 Å². The third-order valence-corrected chi connectivity index (χ3v) is 3.88. The summed E-state index contributed by atoms with van der Waals surface area (Å²) in [5.41, 5.74) is -0.531. The van der Waals surface area contributed by atoms with Crippen LogP contribution in [-0.2, 0) is 6.18 Å². The zero-order valence-corrected chi connectivity index (χ0v) is 12.7. The van der Waals surface area contributed by atoms with Crippen molar-refractivity contribution in [2.75, 3.05) is 32.8 Å². The molecule has 0 amide bonds. The van der Waals surface area contributed by atoms with E-state index in [2.05, 4.69) is 5.32 Å². The van der Waals surface area contributed by atoms with Crippen molar-refractivity contribution in [2.45, 2.75) is 12.2 Å². The SMILES string of the molecule is Cl.OC[C@@H](c1cccc(C(F)(F)F)c1Cl)N1CCNCC1. The fourth-order valence-corrected chi connectivity index (χ4v) is 2.79. The predicted molar refractivity (Wildman–Crippen MR) is 78.0 cm³/mol. The second-order valence-electron chi connectivity index (χ2n) is 4.69. The molecule has 1 fully saturated rings. The molecule has 1 atom stereocenters. The Balaban J connectivity index is 0.00000220. The first kappa shape index (κ1) is 18.5. The van der Waals surface area contributed by atoms with Crippen LogP contribution in [0, 0.1) is 0 Å². The van der Waals surface area contributed by atoms with Crippen LogP contribution in [0.2, 0.25) is 5.02 Å². The van der Waals surface area contributed by atoms with Gasteiger partial charge in [-0.15, -0.1) is 12.4 Å². The van der Waals surface area contributed by atoms with Gasteiger partial charge in [-0.1, -0.05) is 23.7 Å². The number of halogens is 5. The van der Waals surface area contributed by atoms with Gasteiger partial charge in [0.1, 0.15) is 0 Å². The van der Waals surface area contributed by atoms with Crippen LogP contribution in [0.25, 0.3) is 0 Å². The fraction of sp³-hybridized carbons (Fsp3) is 0.538. The van der Waals surface area contributed by atoms with E-state index in [4.69, 9.17) is 11.6 Å². The van der Waals surface area contributed by atoms with E-state index in [9.17, 15) is 18.3 Å². The predicted octanol–water partition coefficient (Wildman–Crippen LogP) is 2.72. The number of benzene rings is 1. The Hall–Kier alpha value is -0.530. The largest absolute Gasteiger partial charge is 0.417 e. The van der Waals surface area contributed by atoms with Gasteiger partial charge >= 0.3 is 6.18 Å². The number of hydrogen-bond acceptors (Lipinski definition) is 3. The number of aliphatic hydroxyl groups excluding tert-OH is 1. The van der Waals surface area contributed by atoms with E-state index in [0.29, 0.717) is 18.7 Å². The third-order valence-electron chi connectivity index (χ3n) is 3.46. The molecule has 0 aromatic heterocycles. The Bertz CT molecular complexity index is 465. The number of nitrogens with zero attached hydrogens (tertiary/aromatic N) is 1. The second-order valence-corrected chi connectivity index (χ2v) is 5.07. The average molecular weight is 345 g/mol. The fourth-order valence-electron chi connectivity index (χ4n) is 2.43. The van der Waals surface area contributed by atoms with Gasteiger partial charge in [0.25, 0.3) is 0 Å². The summed E-state index contributed by atoms with van der Waals surface area (Å²) < 4.78 is 38.6. The molecule has 0 bridgehead atoms. The van der Waals surface area contributed by atoms with Crippen LogP contribution in [0.3, 0.4) is 0 Å². The lowest BCUT2D eigenvalue weighted by Crippen LogP contribution is -2.46. The number of nitrogens with one attached hydrogen (secondary N) is 1. The summed E-state index contributed by atoms with van der Waals surface area (Å²) in [6.07, 6.45) is -4.49. The van der Waals surface area contributed by atoms with E-state index in [1.165, 1.54) is 6.07 Å². The summed E-state index contributed by atoms with van der Waals surface area (Å²) in [5, 5.41) is 12.4. The van der Waals surface area contributed by atoms with Gasteiger partial charge in [0.15, 0.2) is 0 Å². The smallest absolute Gasteiger partial charge is 0.394 e. The topological polar surface area (TPSA) is 35.5 Å². The molecular weight excluding hydrogens is 328 g/mol. The Morgan fingerprint density at radius 3 is 2.43 bits per heavy atom. The molecule has 0 spiro atoms. The molecule has 0 aliphatic carbocycles. The molecule has 1 aromatic carbocycles. The summed E-state index contributed by atoms with van der Waals surface area (Å²) in [7, 11) is 0. The Morgan fingerprint density at radius 1 is 1.29 bits per heavy atom.